The molecule has 0 spiro atoms. The number of hydrogen-bond donors (Lipinski definition) is 1. The molecule has 6 nitrogen and oxygen atoms in total. The van der Waals surface area contributed by atoms with E-state index < -0.39 is 16.8 Å². The van der Waals surface area contributed by atoms with Crippen LogP contribution in [0.2, 0.25) is 0 Å². The van der Waals surface area contributed by atoms with E-state index in [0.717, 1.165) is 10.0 Å². The number of benzene rings is 1. The molecule has 0 bridgehead atoms. The third-order valence-electron chi connectivity index (χ3n) is 2.99. The van der Waals surface area contributed by atoms with E-state index in [0.29, 0.717) is 0 Å². The number of rotatable bonds is 5. The van der Waals surface area contributed by atoms with Crippen molar-refractivity contribution in [3.05, 3.63) is 68.4 Å². The molecular formula is C14H11BrN2O4. The van der Waals surface area contributed by atoms with Crippen molar-refractivity contribution in [2.24, 2.45) is 0 Å². The Morgan fingerprint density at radius 3 is 2.57 bits per heavy atom. The molecule has 0 radical (unpaired) electrons. The summed E-state index contributed by atoms with van der Waals surface area (Å²) in [4.78, 5) is 25.8. The van der Waals surface area contributed by atoms with Gasteiger partial charge < -0.3 is 5.11 Å². The normalized spacial score (nSPS) is 11.9. The molecule has 0 amide bonds. The summed E-state index contributed by atoms with van der Waals surface area (Å²) in [7, 11) is 0. The van der Waals surface area contributed by atoms with Gasteiger partial charge in [-0.1, -0.05) is 28.1 Å². The molecule has 1 aromatic heterocycles. The maximum Gasteiger partial charge on any atom is 0.313 e. The van der Waals surface area contributed by atoms with Gasteiger partial charge in [-0.2, -0.15) is 0 Å². The smallest absolute Gasteiger partial charge is 0.313 e. The molecule has 0 aliphatic carbocycles. The summed E-state index contributed by atoms with van der Waals surface area (Å²) in [6.07, 6.45) is 1.50. The first-order valence-electron chi connectivity index (χ1n) is 6.05. The first kappa shape index (κ1) is 15.1. The van der Waals surface area contributed by atoms with Gasteiger partial charge in [0.2, 0.25) is 0 Å². The van der Waals surface area contributed by atoms with Crippen molar-refractivity contribution in [3.63, 3.8) is 0 Å². The molecule has 108 valence electrons. The van der Waals surface area contributed by atoms with E-state index >= 15 is 0 Å². The van der Waals surface area contributed by atoms with E-state index in [-0.39, 0.29) is 17.8 Å². The second kappa shape index (κ2) is 6.45. The van der Waals surface area contributed by atoms with E-state index in [4.69, 9.17) is 0 Å². The average Bonchev–Trinajstić information content (AvgIpc) is 2.46. The second-order valence-electron chi connectivity index (χ2n) is 4.39. The van der Waals surface area contributed by atoms with Crippen molar-refractivity contribution in [2.75, 3.05) is 0 Å². The second-order valence-corrected chi connectivity index (χ2v) is 5.30. The number of carbonyl (C=O) groups is 1. The summed E-state index contributed by atoms with van der Waals surface area (Å²) in [5, 5.41) is 20.4. The van der Waals surface area contributed by atoms with E-state index in [1.165, 1.54) is 18.3 Å². The summed E-state index contributed by atoms with van der Waals surface area (Å²) >= 11 is 3.30. The fourth-order valence-electron chi connectivity index (χ4n) is 1.99. The molecule has 1 heterocycles. The molecule has 1 unspecified atom stereocenters. The minimum atomic E-state index is -1.14. The number of nitro groups is 1. The number of pyridine rings is 1. The van der Waals surface area contributed by atoms with Crippen LogP contribution in [-0.2, 0) is 11.2 Å². The number of hydrogen-bond acceptors (Lipinski definition) is 4. The molecule has 7 heteroatoms. The number of carboxylic acids is 1. The fourth-order valence-corrected chi connectivity index (χ4v) is 2.25. The number of carboxylic acid groups (broad SMARTS) is 1. The summed E-state index contributed by atoms with van der Waals surface area (Å²) in [5.74, 6) is -2.20. The van der Waals surface area contributed by atoms with Gasteiger partial charge in [-0.05, 0) is 30.2 Å². The number of halogens is 1. The van der Waals surface area contributed by atoms with E-state index in [1.54, 1.807) is 24.3 Å². The zero-order valence-corrected chi connectivity index (χ0v) is 12.4. The number of nitrogens with zero attached hydrogens (tertiary/aromatic N) is 2. The van der Waals surface area contributed by atoms with Crippen LogP contribution in [0.4, 0.5) is 5.69 Å². The van der Waals surface area contributed by atoms with Crippen LogP contribution in [-0.4, -0.2) is 21.0 Å². The molecular weight excluding hydrogens is 340 g/mol. The van der Waals surface area contributed by atoms with Crippen molar-refractivity contribution < 1.29 is 14.8 Å². The average molecular weight is 351 g/mol. The maximum atomic E-state index is 11.5. The molecule has 1 aromatic carbocycles. The molecule has 0 aliphatic rings. The highest BCUT2D eigenvalue weighted by Crippen LogP contribution is 2.27. The Balaban J connectivity index is 2.38. The predicted octanol–water partition coefficient (Wildman–Crippen LogP) is 3.16. The highest BCUT2D eigenvalue weighted by molar-refractivity contribution is 9.10. The maximum absolute atomic E-state index is 11.5. The molecule has 0 fully saturated rings. The zero-order valence-electron chi connectivity index (χ0n) is 10.8. The van der Waals surface area contributed by atoms with E-state index in [2.05, 4.69) is 20.9 Å². The Kier molecular flexibility index (Phi) is 4.64. The molecule has 1 atom stereocenters. The molecule has 1 N–H and O–H groups in total. The van der Waals surface area contributed by atoms with Gasteiger partial charge in [0.05, 0.1) is 4.92 Å². The van der Waals surface area contributed by atoms with Crippen LogP contribution in [0.15, 0.2) is 47.1 Å². The predicted molar refractivity (Wildman–Crippen MR) is 79.1 cm³/mol. The Morgan fingerprint density at radius 2 is 2.00 bits per heavy atom. The Hall–Kier alpha value is -2.28. The first-order chi connectivity index (χ1) is 9.99. The Bertz CT molecular complexity index is 673. The number of aromatic nitrogens is 1. The van der Waals surface area contributed by atoms with Crippen molar-refractivity contribution >= 4 is 27.6 Å². The van der Waals surface area contributed by atoms with Gasteiger partial charge in [-0.25, -0.2) is 0 Å². The lowest BCUT2D eigenvalue weighted by Gasteiger charge is -2.12. The van der Waals surface area contributed by atoms with Gasteiger partial charge in [-0.3, -0.25) is 19.9 Å². The Morgan fingerprint density at radius 1 is 1.33 bits per heavy atom. The van der Waals surface area contributed by atoms with Crippen molar-refractivity contribution in [1.82, 2.24) is 4.98 Å². The third kappa shape index (κ3) is 3.63. The summed E-state index contributed by atoms with van der Waals surface area (Å²) in [6.45, 7) is 0. The van der Waals surface area contributed by atoms with Gasteiger partial charge in [-0.15, -0.1) is 0 Å². The molecule has 21 heavy (non-hydrogen) atoms. The minimum absolute atomic E-state index is 0.0297. The standard InChI is InChI=1S/C14H11BrN2O4/c15-10-5-3-9(4-6-10)8-11(14(18)19)13-12(17(20)21)2-1-7-16-13/h1-7,11H,8H2,(H,18,19). The van der Waals surface area contributed by atoms with Gasteiger partial charge in [0.25, 0.3) is 5.69 Å². The molecule has 2 rings (SSSR count). The van der Waals surface area contributed by atoms with Gasteiger partial charge in [0.15, 0.2) is 0 Å². The van der Waals surface area contributed by atoms with Crippen LogP contribution in [0, 0.1) is 10.1 Å². The summed E-state index contributed by atoms with van der Waals surface area (Å²) in [5.41, 5.74) is 0.463. The summed E-state index contributed by atoms with van der Waals surface area (Å²) < 4.78 is 0.877. The van der Waals surface area contributed by atoms with Gasteiger partial charge >= 0.3 is 5.97 Å². The minimum Gasteiger partial charge on any atom is -0.481 e. The zero-order chi connectivity index (χ0) is 15.4. The first-order valence-corrected chi connectivity index (χ1v) is 6.85. The SMILES string of the molecule is O=C(O)C(Cc1ccc(Br)cc1)c1ncccc1[N+](=O)[O-]. The van der Waals surface area contributed by atoms with Crippen LogP contribution in [0.3, 0.4) is 0 Å². The summed E-state index contributed by atoms with van der Waals surface area (Å²) in [6, 6.07) is 9.81. The van der Waals surface area contributed by atoms with Crippen LogP contribution in [0.5, 0.6) is 0 Å². The highest BCUT2D eigenvalue weighted by Gasteiger charge is 2.29. The van der Waals surface area contributed by atoms with E-state index in [9.17, 15) is 20.0 Å². The van der Waals surface area contributed by atoms with Gasteiger partial charge in [0.1, 0.15) is 11.6 Å². The van der Waals surface area contributed by atoms with E-state index in [1.807, 2.05) is 0 Å². The quantitative estimate of drug-likeness (QED) is 0.660. The lowest BCUT2D eigenvalue weighted by Crippen LogP contribution is -2.17. The van der Waals surface area contributed by atoms with Crippen LogP contribution < -0.4 is 0 Å². The lowest BCUT2D eigenvalue weighted by atomic mass is 9.95. The van der Waals surface area contributed by atoms with Gasteiger partial charge in [0, 0.05) is 16.7 Å². The van der Waals surface area contributed by atoms with Crippen molar-refractivity contribution in [3.8, 4) is 0 Å². The lowest BCUT2D eigenvalue weighted by molar-refractivity contribution is -0.386. The molecule has 0 saturated carbocycles. The fraction of sp³-hybridized carbons (Fsp3) is 0.143. The van der Waals surface area contributed by atoms with Crippen LogP contribution in [0.25, 0.3) is 0 Å². The monoisotopic (exact) mass is 350 g/mol. The highest BCUT2D eigenvalue weighted by atomic mass is 79.9. The molecule has 0 aliphatic heterocycles. The van der Waals surface area contributed by atoms with Crippen LogP contribution in [0.1, 0.15) is 17.2 Å². The molecule has 2 aromatic rings. The van der Waals surface area contributed by atoms with Crippen molar-refractivity contribution in [2.45, 2.75) is 12.3 Å². The largest absolute Gasteiger partial charge is 0.481 e. The van der Waals surface area contributed by atoms with Crippen molar-refractivity contribution in [1.29, 1.82) is 0 Å². The van der Waals surface area contributed by atoms with Crippen LogP contribution >= 0.6 is 15.9 Å². The third-order valence-corrected chi connectivity index (χ3v) is 3.52. The number of aliphatic carboxylic acids is 1. The molecule has 0 saturated heterocycles. The topological polar surface area (TPSA) is 93.3 Å². The Labute approximate surface area is 128 Å².